The van der Waals surface area contributed by atoms with Crippen LogP contribution in [0.15, 0.2) is 42.6 Å². The molecule has 5 nitrogen and oxygen atoms in total. The van der Waals surface area contributed by atoms with Gasteiger partial charge in [0.05, 0.1) is 12.6 Å². The number of nitrogens with zero attached hydrogens (tertiary/aromatic N) is 2. The van der Waals surface area contributed by atoms with Crippen LogP contribution in [0.3, 0.4) is 0 Å². The topological polar surface area (TPSA) is 56.1 Å². The second kappa shape index (κ2) is 4.52. The number of nitrogens with one attached hydrogen (secondary N) is 1. The van der Waals surface area contributed by atoms with E-state index in [1.807, 2.05) is 30.3 Å². The van der Waals surface area contributed by atoms with Crippen molar-refractivity contribution in [1.29, 1.82) is 0 Å². The number of ether oxygens (including phenoxy) is 1. The molecule has 2 heterocycles. The minimum Gasteiger partial charge on any atom is -0.491 e. The molecular weight excluding hydrogens is 230 g/mol. The Labute approximate surface area is 104 Å². The van der Waals surface area contributed by atoms with Crippen LogP contribution in [0.2, 0.25) is 0 Å². The standard InChI is InChI=1S/C13H13N3O2/c17-13-12-6-7-14-16(12)8-10(15-13)9-18-11-4-2-1-3-5-11/h1-7,10H,8-9H2,(H,15,17). The molecule has 1 unspecified atom stereocenters. The molecule has 0 saturated heterocycles. The summed E-state index contributed by atoms with van der Waals surface area (Å²) in [6.07, 6.45) is 1.63. The second-order valence-electron chi connectivity index (χ2n) is 4.19. The van der Waals surface area contributed by atoms with Gasteiger partial charge in [0.25, 0.3) is 5.91 Å². The molecule has 2 aromatic rings. The quantitative estimate of drug-likeness (QED) is 0.877. The van der Waals surface area contributed by atoms with Crippen molar-refractivity contribution in [2.24, 2.45) is 0 Å². The van der Waals surface area contributed by atoms with Gasteiger partial charge in [0.1, 0.15) is 18.1 Å². The maximum Gasteiger partial charge on any atom is 0.269 e. The smallest absolute Gasteiger partial charge is 0.269 e. The van der Waals surface area contributed by atoms with E-state index in [4.69, 9.17) is 4.74 Å². The number of aromatic nitrogens is 2. The molecule has 1 N–H and O–H groups in total. The van der Waals surface area contributed by atoms with Crippen molar-refractivity contribution in [2.75, 3.05) is 6.61 Å². The zero-order chi connectivity index (χ0) is 12.4. The summed E-state index contributed by atoms with van der Waals surface area (Å²) >= 11 is 0. The molecule has 1 aromatic carbocycles. The van der Waals surface area contributed by atoms with Crippen LogP contribution in [-0.4, -0.2) is 28.3 Å². The Bertz CT molecular complexity index is 550. The third-order valence-electron chi connectivity index (χ3n) is 2.87. The molecule has 3 rings (SSSR count). The number of hydrogen-bond donors (Lipinski definition) is 1. The fraction of sp³-hybridized carbons (Fsp3) is 0.231. The van der Waals surface area contributed by atoms with Crippen molar-refractivity contribution in [1.82, 2.24) is 15.1 Å². The maximum absolute atomic E-state index is 11.7. The van der Waals surface area contributed by atoms with Gasteiger partial charge in [-0.05, 0) is 18.2 Å². The van der Waals surface area contributed by atoms with Crippen molar-refractivity contribution in [2.45, 2.75) is 12.6 Å². The van der Waals surface area contributed by atoms with E-state index in [0.717, 1.165) is 5.75 Å². The number of carbonyl (C=O) groups is 1. The van der Waals surface area contributed by atoms with E-state index >= 15 is 0 Å². The molecule has 92 valence electrons. The van der Waals surface area contributed by atoms with Gasteiger partial charge in [-0.15, -0.1) is 0 Å². The van der Waals surface area contributed by atoms with E-state index in [2.05, 4.69) is 10.4 Å². The van der Waals surface area contributed by atoms with Gasteiger partial charge in [-0.3, -0.25) is 9.48 Å². The second-order valence-corrected chi connectivity index (χ2v) is 4.19. The summed E-state index contributed by atoms with van der Waals surface area (Å²) in [5.74, 6) is 0.707. The third-order valence-corrected chi connectivity index (χ3v) is 2.87. The fourth-order valence-corrected chi connectivity index (χ4v) is 1.99. The van der Waals surface area contributed by atoms with E-state index < -0.39 is 0 Å². The first kappa shape index (κ1) is 10.8. The monoisotopic (exact) mass is 243 g/mol. The number of benzene rings is 1. The third kappa shape index (κ3) is 2.07. The number of carbonyl (C=O) groups excluding carboxylic acids is 1. The van der Waals surface area contributed by atoms with Crippen LogP contribution in [0, 0.1) is 0 Å². The molecule has 0 spiro atoms. The Hall–Kier alpha value is -2.30. The molecule has 0 radical (unpaired) electrons. The van der Waals surface area contributed by atoms with Crippen LogP contribution in [0.5, 0.6) is 5.75 Å². The molecule has 0 fully saturated rings. The molecule has 1 atom stereocenters. The Morgan fingerprint density at radius 1 is 1.33 bits per heavy atom. The lowest BCUT2D eigenvalue weighted by Crippen LogP contribution is -2.47. The summed E-state index contributed by atoms with van der Waals surface area (Å²) < 4.78 is 7.34. The summed E-state index contributed by atoms with van der Waals surface area (Å²) in [5.41, 5.74) is 0.603. The van der Waals surface area contributed by atoms with Crippen molar-refractivity contribution in [3.05, 3.63) is 48.3 Å². The first-order chi connectivity index (χ1) is 8.83. The van der Waals surface area contributed by atoms with Crippen LogP contribution in [0.25, 0.3) is 0 Å². The SMILES string of the molecule is O=C1NC(COc2ccccc2)Cn2nccc21. The minimum absolute atomic E-state index is 0.0508. The van der Waals surface area contributed by atoms with E-state index in [1.54, 1.807) is 16.9 Å². The number of amides is 1. The average Bonchev–Trinajstić information content (AvgIpc) is 2.86. The molecule has 1 amide bonds. The number of rotatable bonds is 3. The van der Waals surface area contributed by atoms with Crippen molar-refractivity contribution in [3.63, 3.8) is 0 Å². The van der Waals surface area contributed by atoms with E-state index in [1.165, 1.54) is 0 Å². The van der Waals surface area contributed by atoms with Gasteiger partial charge in [-0.25, -0.2) is 0 Å². The summed E-state index contributed by atoms with van der Waals surface area (Å²) in [4.78, 5) is 11.7. The maximum atomic E-state index is 11.7. The van der Waals surface area contributed by atoms with Crippen molar-refractivity contribution < 1.29 is 9.53 Å². The number of hydrogen-bond acceptors (Lipinski definition) is 3. The van der Waals surface area contributed by atoms with Crippen LogP contribution in [-0.2, 0) is 6.54 Å². The van der Waals surface area contributed by atoms with Crippen molar-refractivity contribution in [3.8, 4) is 5.75 Å². The molecule has 1 aromatic heterocycles. The van der Waals surface area contributed by atoms with Crippen molar-refractivity contribution >= 4 is 5.91 Å². The largest absolute Gasteiger partial charge is 0.491 e. The van der Waals surface area contributed by atoms with Crippen LogP contribution in [0.1, 0.15) is 10.5 Å². The fourth-order valence-electron chi connectivity index (χ4n) is 1.99. The lowest BCUT2D eigenvalue weighted by atomic mass is 10.2. The molecule has 1 aliphatic heterocycles. The Balaban J connectivity index is 1.64. The van der Waals surface area contributed by atoms with E-state index in [0.29, 0.717) is 18.8 Å². The van der Waals surface area contributed by atoms with Gasteiger partial charge < -0.3 is 10.1 Å². The molecule has 0 bridgehead atoms. The zero-order valence-corrected chi connectivity index (χ0v) is 9.74. The predicted molar refractivity (Wildman–Crippen MR) is 65.4 cm³/mol. The van der Waals surface area contributed by atoms with Crippen LogP contribution >= 0.6 is 0 Å². The molecule has 18 heavy (non-hydrogen) atoms. The van der Waals surface area contributed by atoms with Gasteiger partial charge in [0.15, 0.2) is 0 Å². The average molecular weight is 243 g/mol. The molecule has 5 heteroatoms. The summed E-state index contributed by atoms with van der Waals surface area (Å²) in [6.45, 7) is 1.08. The Morgan fingerprint density at radius 3 is 3.00 bits per heavy atom. The Kier molecular flexibility index (Phi) is 2.72. The highest BCUT2D eigenvalue weighted by Gasteiger charge is 2.24. The predicted octanol–water partition coefficient (Wildman–Crippen LogP) is 1.07. The summed E-state index contributed by atoms with van der Waals surface area (Å²) in [5, 5.41) is 7.02. The molecule has 1 aliphatic rings. The normalized spacial score (nSPS) is 18.0. The van der Waals surface area contributed by atoms with E-state index in [-0.39, 0.29) is 11.9 Å². The Morgan fingerprint density at radius 2 is 2.17 bits per heavy atom. The number of fused-ring (bicyclic) bond motifs is 1. The molecular formula is C13H13N3O2. The first-order valence-corrected chi connectivity index (χ1v) is 5.83. The lowest BCUT2D eigenvalue weighted by Gasteiger charge is -2.24. The van der Waals surface area contributed by atoms with E-state index in [9.17, 15) is 4.79 Å². The van der Waals surface area contributed by atoms with Gasteiger partial charge >= 0.3 is 0 Å². The summed E-state index contributed by atoms with van der Waals surface area (Å²) in [6, 6.07) is 11.2. The van der Waals surface area contributed by atoms with Crippen LogP contribution < -0.4 is 10.1 Å². The lowest BCUT2D eigenvalue weighted by molar-refractivity contribution is 0.0871. The molecule has 0 saturated carbocycles. The highest BCUT2D eigenvalue weighted by Crippen LogP contribution is 2.11. The van der Waals surface area contributed by atoms with Crippen LogP contribution in [0.4, 0.5) is 0 Å². The first-order valence-electron chi connectivity index (χ1n) is 5.83. The highest BCUT2D eigenvalue weighted by molar-refractivity contribution is 5.93. The zero-order valence-electron chi connectivity index (χ0n) is 9.74. The van der Waals surface area contributed by atoms with Gasteiger partial charge in [0.2, 0.25) is 0 Å². The summed E-state index contributed by atoms with van der Waals surface area (Å²) in [7, 11) is 0. The highest BCUT2D eigenvalue weighted by atomic mass is 16.5. The van der Waals surface area contributed by atoms with Gasteiger partial charge in [-0.1, -0.05) is 18.2 Å². The van der Waals surface area contributed by atoms with Gasteiger partial charge in [0, 0.05) is 6.20 Å². The van der Waals surface area contributed by atoms with Gasteiger partial charge in [-0.2, -0.15) is 5.10 Å². The number of para-hydroxylation sites is 1. The minimum atomic E-state index is -0.0968. The molecule has 0 aliphatic carbocycles.